The molecule has 0 aromatic heterocycles. The van der Waals surface area contributed by atoms with Crippen molar-refractivity contribution in [3.63, 3.8) is 0 Å². The molecule has 0 spiro atoms. The van der Waals surface area contributed by atoms with Crippen LogP contribution in [0.4, 0.5) is 0 Å². The molecule has 1 amide bonds. The highest BCUT2D eigenvalue weighted by molar-refractivity contribution is 5.91. The number of ketones is 1. The van der Waals surface area contributed by atoms with Gasteiger partial charge in [-0.25, -0.2) is 0 Å². The highest BCUT2D eigenvalue weighted by Gasteiger charge is 2.24. The van der Waals surface area contributed by atoms with Crippen LogP contribution in [-0.4, -0.2) is 28.8 Å². The molecule has 0 aliphatic rings. The summed E-state index contributed by atoms with van der Waals surface area (Å²) in [6.45, 7) is 2.82. The van der Waals surface area contributed by atoms with Gasteiger partial charge in [0.05, 0.1) is 12.0 Å². The lowest BCUT2D eigenvalue weighted by Gasteiger charge is -2.18. The minimum Gasteiger partial charge on any atom is -0.481 e. The van der Waals surface area contributed by atoms with Crippen LogP contribution < -0.4 is 5.32 Å². The third-order valence-electron chi connectivity index (χ3n) is 2.98. The van der Waals surface area contributed by atoms with E-state index in [1.54, 1.807) is 0 Å². The summed E-state index contributed by atoms with van der Waals surface area (Å²) in [5, 5.41) is 11.4. The van der Waals surface area contributed by atoms with Crippen LogP contribution in [0.15, 0.2) is 30.3 Å². The zero-order valence-corrected chi connectivity index (χ0v) is 11.6. The number of carboxylic acid groups (broad SMARTS) is 1. The Morgan fingerprint density at radius 2 is 1.80 bits per heavy atom. The Kier molecular flexibility index (Phi) is 5.90. The predicted molar refractivity (Wildman–Crippen MR) is 74.2 cm³/mol. The molecule has 0 aliphatic heterocycles. The van der Waals surface area contributed by atoms with Gasteiger partial charge in [0, 0.05) is 13.3 Å². The molecule has 5 heteroatoms. The molecule has 1 rings (SSSR count). The molecule has 2 N–H and O–H groups in total. The quantitative estimate of drug-likeness (QED) is 0.789. The first kappa shape index (κ1) is 15.9. The number of hydrogen-bond donors (Lipinski definition) is 2. The zero-order chi connectivity index (χ0) is 15.1. The third-order valence-corrected chi connectivity index (χ3v) is 2.98. The molecule has 0 saturated heterocycles. The number of benzene rings is 1. The summed E-state index contributed by atoms with van der Waals surface area (Å²) in [7, 11) is 0. The largest absolute Gasteiger partial charge is 0.481 e. The van der Waals surface area contributed by atoms with E-state index in [4.69, 9.17) is 5.11 Å². The van der Waals surface area contributed by atoms with Gasteiger partial charge >= 0.3 is 5.97 Å². The first-order valence-electron chi connectivity index (χ1n) is 6.46. The maximum absolute atomic E-state index is 12.1. The Bertz CT molecular complexity index is 484. The van der Waals surface area contributed by atoms with Crippen molar-refractivity contribution in [1.29, 1.82) is 0 Å². The summed E-state index contributed by atoms with van der Waals surface area (Å²) in [5.74, 6) is -2.34. The molecule has 1 aromatic carbocycles. The van der Waals surface area contributed by atoms with Crippen LogP contribution in [0.3, 0.4) is 0 Å². The van der Waals surface area contributed by atoms with Gasteiger partial charge in [0.15, 0.2) is 5.78 Å². The van der Waals surface area contributed by atoms with Gasteiger partial charge in [-0.1, -0.05) is 37.3 Å². The van der Waals surface area contributed by atoms with Crippen molar-refractivity contribution in [3.8, 4) is 0 Å². The van der Waals surface area contributed by atoms with Crippen molar-refractivity contribution in [2.45, 2.75) is 32.7 Å². The topological polar surface area (TPSA) is 83.5 Å². The number of carbonyl (C=O) groups is 3. The Labute approximate surface area is 118 Å². The Morgan fingerprint density at radius 1 is 1.20 bits per heavy atom. The lowest BCUT2D eigenvalue weighted by molar-refractivity contribution is -0.143. The molecule has 0 saturated carbocycles. The van der Waals surface area contributed by atoms with Crippen molar-refractivity contribution in [2.24, 2.45) is 5.92 Å². The summed E-state index contributed by atoms with van der Waals surface area (Å²) in [6.07, 6.45) is 0.276. The first-order valence-corrected chi connectivity index (χ1v) is 6.46. The average molecular weight is 277 g/mol. The molecule has 20 heavy (non-hydrogen) atoms. The molecular formula is C15H19NO4. The van der Waals surface area contributed by atoms with E-state index in [1.807, 2.05) is 30.3 Å². The smallest absolute Gasteiger partial charge is 0.306 e. The van der Waals surface area contributed by atoms with Crippen molar-refractivity contribution in [1.82, 2.24) is 5.32 Å². The third kappa shape index (κ3) is 5.22. The van der Waals surface area contributed by atoms with Gasteiger partial charge in [-0.2, -0.15) is 0 Å². The maximum atomic E-state index is 12.1. The van der Waals surface area contributed by atoms with Crippen LogP contribution in [0.1, 0.15) is 25.8 Å². The number of nitrogens with one attached hydrogen (secondary N) is 1. The van der Waals surface area contributed by atoms with Gasteiger partial charge in [-0.3, -0.25) is 14.4 Å². The summed E-state index contributed by atoms with van der Waals surface area (Å²) in [6, 6.07) is 8.61. The van der Waals surface area contributed by atoms with Gasteiger partial charge < -0.3 is 10.4 Å². The normalized spacial score (nSPS) is 13.3. The monoisotopic (exact) mass is 277 g/mol. The highest BCUT2D eigenvalue weighted by Crippen LogP contribution is 2.10. The fraction of sp³-hybridized carbons (Fsp3) is 0.400. The summed E-state index contributed by atoms with van der Waals surface area (Å²) < 4.78 is 0. The number of Topliss-reactive ketones (excluding diaryl/α,β-unsaturated/α-hetero) is 1. The van der Waals surface area contributed by atoms with Gasteiger partial charge in [0.25, 0.3) is 0 Å². The van der Waals surface area contributed by atoms with E-state index >= 15 is 0 Å². The van der Waals surface area contributed by atoms with Gasteiger partial charge in [-0.05, 0) is 12.0 Å². The van der Waals surface area contributed by atoms with Crippen molar-refractivity contribution in [3.05, 3.63) is 35.9 Å². The molecule has 0 radical (unpaired) electrons. The molecular weight excluding hydrogens is 258 g/mol. The summed E-state index contributed by atoms with van der Waals surface area (Å²) in [4.78, 5) is 34.1. The number of aliphatic carboxylic acids is 1. The van der Waals surface area contributed by atoms with Crippen LogP contribution >= 0.6 is 0 Å². The lowest BCUT2D eigenvalue weighted by atomic mass is 9.95. The highest BCUT2D eigenvalue weighted by atomic mass is 16.4. The van der Waals surface area contributed by atoms with E-state index in [-0.39, 0.29) is 18.1 Å². The van der Waals surface area contributed by atoms with E-state index in [2.05, 4.69) is 5.32 Å². The van der Waals surface area contributed by atoms with Crippen LogP contribution in [0, 0.1) is 5.92 Å². The van der Waals surface area contributed by atoms with E-state index in [9.17, 15) is 14.4 Å². The molecule has 0 fully saturated rings. The van der Waals surface area contributed by atoms with E-state index in [0.29, 0.717) is 6.42 Å². The number of amides is 1. The molecule has 108 valence electrons. The second kappa shape index (κ2) is 7.43. The number of carbonyl (C=O) groups excluding carboxylic acids is 2. The predicted octanol–water partition coefficient (Wildman–Crippen LogP) is 1.41. The Morgan fingerprint density at radius 3 is 2.30 bits per heavy atom. The first-order chi connectivity index (χ1) is 9.40. The minimum absolute atomic E-state index is 0.0902. The molecule has 1 aromatic rings. The molecule has 0 heterocycles. The van der Waals surface area contributed by atoms with Gasteiger partial charge in [0.2, 0.25) is 5.91 Å². The van der Waals surface area contributed by atoms with Gasteiger partial charge in [0.1, 0.15) is 0 Å². The number of hydrogen-bond acceptors (Lipinski definition) is 3. The molecule has 5 nitrogen and oxygen atoms in total. The lowest BCUT2D eigenvalue weighted by Crippen LogP contribution is -2.42. The molecule has 0 aliphatic carbocycles. The van der Waals surface area contributed by atoms with Crippen molar-refractivity contribution in [2.75, 3.05) is 0 Å². The van der Waals surface area contributed by atoms with Crippen molar-refractivity contribution >= 4 is 17.7 Å². The van der Waals surface area contributed by atoms with Crippen LogP contribution in [0.25, 0.3) is 0 Å². The number of carboxylic acids is 1. The summed E-state index contributed by atoms with van der Waals surface area (Å²) >= 11 is 0. The SMILES string of the molecule is CC(=O)NC(Cc1ccccc1)C(=O)C[C@@H](C)C(=O)O. The zero-order valence-electron chi connectivity index (χ0n) is 11.6. The average Bonchev–Trinajstić information content (AvgIpc) is 2.38. The van der Waals surface area contributed by atoms with E-state index in [1.165, 1.54) is 13.8 Å². The molecule has 2 atom stereocenters. The van der Waals surface area contributed by atoms with Crippen LogP contribution in [0.5, 0.6) is 0 Å². The van der Waals surface area contributed by atoms with Gasteiger partial charge in [-0.15, -0.1) is 0 Å². The fourth-order valence-corrected chi connectivity index (χ4v) is 1.87. The molecule has 1 unspecified atom stereocenters. The van der Waals surface area contributed by atoms with Crippen LogP contribution in [-0.2, 0) is 20.8 Å². The Hall–Kier alpha value is -2.17. The minimum atomic E-state index is -1.01. The van der Waals surface area contributed by atoms with Crippen LogP contribution in [0.2, 0.25) is 0 Å². The van der Waals surface area contributed by atoms with E-state index < -0.39 is 17.9 Å². The second-order valence-electron chi connectivity index (χ2n) is 4.85. The number of rotatable bonds is 7. The van der Waals surface area contributed by atoms with Crippen molar-refractivity contribution < 1.29 is 19.5 Å². The standard InChI is InChI=1S/C15H19NO4/c1-10(15(19)20)8-14(18)13(16-11(2)17)9-12-6-4-3-5-7-12/h3-7,10,13H,8-9H2,1-2H3,(H,16,17)(H,19,20)/t10-,13?/m1/s1. The van der Waals surface area contributed by atoms with E-state index in [0.717, 1.165) is 5.56 Å². The Balaban J connectivity index is 2.75. The molecule has 0 bridgehead atoms. The second-order valence-corrected chi connectivity index (χ2v) is 4.85. The summed E-state index contributed by atoms with van der Waals surface area (Å²) in [5.41, 5.74) is 0.919. The fourth-order valence-electron chi connectivity index (χ4n) is 1.87. The maximum Gasteiger partial charge on any atom is 0.306 e.